The van der Waals surface area contributed by atoms with E-state index in [1.807, 2.05) is 0 Å². The van der Waals surface area contributed by atoms with Crippen molar-refractivity contribution in [3.63, 3.8) is 0 Å². The standard InChI is InChI=1S/C10H8N4O5/c1-19-6-2-3-7(9(15)16)8(4-6)13-5-11-10(12-13)14(17)18/h2-5H,1H3,(H,15,16). The maximum Gasteiger partial charge on any atom is 0.491 e. The number of rotatable bonds is 4. The van der Waals surface area contributed by atoms with Crippen LogP contribution < -0.4 is 4.74 Å². The second kappa shape index (κ2) is 4.72. The van der Waals surface area contributed by atoms with Gasteiger partial charge in [-0.25, -0.2) is 4.79 Å². The van der Waals surface area contributed by atoms with Crippen LogP contribution in [-0.2, 0) is 0 Å². The Morgan fingerprint density at radius 2 is 2.26 bits per heavy atom. The summed E-state index contributed by atoms with van der Waals surface area (Å²) in [5.41, 5.74) is 0.0630. The van der Waals surface area contributed by atoms with E-state index >= 15 is 0 Å². The van der Waals surface area contributed by atoms with Gasteiger partial charge in [0, 0.05) is 11.2 Å². The molecular formula is C10H8N4O5. The Labute approximate surface area is 106 Å². The molecule has 1 heterocycles. The van der Waals surface area contributed by atoms with Crippen LogP contribution in [0.1, 0.15) is 10.4 Å². The van der Waals surface area contributed by atoms with E-state index < -0.39 is 16.8 Å². The van der Waals surface area contributed by atoms with E-state index in [0.717, 1.165) is 11.0 Å². The molecule has 0 spiro atoms. The van der Waals surface area contributed by atoms with Gasteiger partial charge in [-0.1, -0.05) is 4.98 Å². The van der Waals surface area contributed by atoms with Crippen molar-refractivity contribution in [2.45, 2.75) is 0 Å². The molecule has 9 heteroatoms. The maximum absolute atomic E-state index is 11.1. The predicted octanol–water partition coefficient (Wildman–Crippen LogP) is 0.882. The number of aromatic carboxylic acids is 1. The summed E-state index contributed by atoms with van der Waals surface area (Å²) in [6.45, 7) is 0. The van der Waals surface area contributed by atoms with Crippen LogP contribution >= 0.6 is 0 Å². The number of carboxylic acid groups (broad SMARTS) is 1. The highest BCUT2D eigenvalue weighted by atomic mass is 16.6. The molecule has 0 saturated carbocycles. The van der Waals surface area contributed by atoms with E-state index in [2.05, 4.69) is 10.1 Å². The number of carboxylic acids is 1. The van der Waals surface area contributed by atoms with Crippen LogP contribution in [0.25, 0.3) is 5.69 Å². The van der Waals surface area contributed by atoms with Gasteiger partial charge in [0.15, 0.2) is 0 Å². The fraction of sp³-hybridized carbons (Fsp3) is 0.100. The first-order valence-electron chi connectivity index (χ1n) is 5.00. The zero-order chi connectivity index (χ0) is 14.0. The molecule has 0 unspecified atom stereocenters. The summed E-state index contributed by atoms with van der Waals surface area (Å²) in [6, 6.07) is 4.20. The Hall–Kier alpha value is -2.97. The van der Waals surface area contributed by atoms with E-state index in [4.69, 9.17) is 9.84 Å². The van der Waals surface area contributed by atoms with Gasteiger partial charge in [-0.05, 0) is 17.1 Å². The van der Waals surface area contributed by atoms with E-state index in [1.165, 1.54) is 25.3 Å². The molecule has 0 radical (unpaired) electrons. The Balaban J connectivity index is 2.57. The van der Waals surface area contributed by atoms with Crippen LogP contribution in [0.3, 0.4) is 0 Å². The van der Waals surface area contributed by atoms with E-state index in [-0.39, 0.29) is 11.3 Å². The summed E-state index contributed by atoms with van der Waals surface area (Å²) in [7, 11) is 1.42. The Morgan fingerprint density at radius 1 is 1.53 bits per heavy atom. The summed E-state index contributed by atoms with van der Waals surface area (Å²) in [5, 5.41) is 23.2. The molecule has 2 rings (SSSR count). The summed E-state index contributed by atoms with van der Waals surface area (Å²) in [5.74, 6) is -1.40. The molecule has 98 valence electrons. The van der Waals surface area contributed by atoms with Crippen molar-refractivity contribution < 1.29 is 19.6 Å². The lowest BCUT2D eigenvalue weighted by Crippen LogP contribution is -2.06. The molecule has 0 amide bonds. The Bertz CT molecular complexity index is 651. The van der Waals surface area contributed by atoms with Crippen molar-refractivity contribution in [1.82, 2.24) is 14.8 Å². The van der Waals surface area contributed by atoms with E-state index in [9.17, 15) is 14.9 Å². The molecule has 1 aromatic heterocycles. The lowest BCUT2D eigenvalue weighted by Gasteiger charge is -2.05. The smallest absolute Gasteiger partial charge is 0.491 e. The first-order chi connectivity index (χ1) is 9.02. The number of hydrogen-bond donors (Lipinski definition) is 1. The van der Waals surface area contributed by atoms with E-state index in [0.29, 0.717) is 5.75 Å². The third-order valence-electron chi connectivity index (χ3n) is 2.33. The van der Waals surface area contributed by atoms with Crippen molar-refractivity contribution >= 4 is 11.9 Å². The van der Waals surface area contributed by atoms with Crippen molar-refractivity contribution in [2.75, 3.05) is 7.11 Å². The van der Waals surface area contributed by atoms with Gasteiger partial charge < -0.3 is 20.0 Å². The largest absolute Gasteiger partial charge is 0.497 e. The summed E-state index contributed by atoms with van der Waals surface area (Å²) in [4.78, 5) is 24.3. The summed E-state index contributed by atoms with van der Waals surface area (Å²) in [6.07, 6.45) is 1.07. The second-order valence-electron chi connectivity index (χ2n) is 3.43. The van der Waals surface area contributed by atoms with Gasteiger partial charge in [0.2, 0.25) is 6.33 Å². The minimum atomic E-state index is -1.18. The third kappa shape index (κ3) is 2.34. The summed E-state index contributed by atoms with van der Waals surface area (Å²) >= 11 is 0. The van der Waals surface area contributed by atoms with Gasteiger partial charge in [-0.3, -0.25) is 0 Å². The number of hydrogen-bond acceptors (Lipinski definition) is 6. The average molecular weight is 264 g/mol. The zero-order valence-corrected chi connectivity index (χ0v) is 9.68. The first kappa shape index (κ1) is 12.5. The van der Waals surface area contributed by atoms with Gasteiger partial charge in [0.25, 0.3) is 0 Å². The Kier molecular flexibility index (Phi) is 3.10. The molecule has 0 bridgehead atoms. The molecule has 0 aliphatic carbocycles. The van der Waals surface area contributed by atoms with Crippen LogP contribution in [0.5, 0.6) is 5.75 Å². The molecule has 19 heavy (non-hydrogen) atoms. The molecule has 0 saturated heterocycles. The predicted molar refractivity (Wildman–Crippen MR) is 61.5 cm³/mol. The number of nitrogens with zero attached hydrogens (tertiary/aromatic N) is 4. The molecule has 9 nitrogen and oxygen atoms in total. The fourth-order valence-corrected chi connectivity index (χ4v) is 1.46. The zero-order valence-electron chi connectivity index (χ0n) is 9.68. The van der Waals surface area contributed by atoms with Crippen LogP contribution in [-0.4, -0.2) is 37.9 Å². The van der Waals surface area contributed by atoms with Crippen LogP contribution in [0.4, 0.5) is 5.95 Å². The molecular weight excluding hydrogens is 256 g/mol. The minimum absolute atomic E-state index is 0.0689. The number of ether oxygens (including phenoxy) is 1. The minimum Gasteiger partial charge on any atom is -0.497 e. The van der Waals surface area contributed by atoms with Gasteiger partial charge in [0.05, 0.1) is 12.7 Å². The van der Waals surface area contributed by atoms with Gasteiger partial charge in [-0.2, -0.15) is 0 Å². The maximum atomic E-state index is 11.1. The quantitative estimate of drug-likeness (QED) is 0.642. The lowest BCUT2D eigenvalue weighted by molar-refractivity contribution is -0.394. The van der Waals surface area contributed by atoms with Crippen molar-refractivity contribution in [1.29, 1.82) is 0 Å². The third-order valence-corrected chi connectivity index (χ3v) is 2.33. The van der Waals surface area contributed by atoms with Crippen LogP contribution in [0.2, 0.25) is 0 Å². The average Bonchev–Trinajstić information content (AvgIpc) is 2.87. The molecule has 1 N–H and O–H groups in total. The molecule has 1 aromatic carbocycles. The molecule has 0 aliphatic heterocycles. The Morgan fingerprint density at radius 3 is 2.79 bits per heavy atom. The number of methoxy groups -OCH3 is 1. The number of benzene rings is 1. The monoisotopic (exact) mass is 264 g/mol. The van der Waals surface area contributed by atoms with Crippen molar-refractivity contribution in [3.05, 3.63) is 40.2 Å². The van der Waals surface area contributed by atoms with Crippen LogP contribution in [0.15, 0.2) is 24.5 Å². The van der Waals surface area contributed by atoms with Gasteiger partial charge in [-0.15, -0.1) is 4.68 Å². The topological polar surface area (TPSA) is 120 Å². The lowest BCUT2D eigenvalue weighted by atomic mass is 10.1. The highest BCUT2D eigenvalue weighted by molar-refractivity contribution is 5.92. The normalized spacial score (nSPS) is 10.2. The van der Waals surface area contributed by atoms with Crippen LogP contribution in [0, 0.1) is 10.1 Å². The van der Waals surface area contributed by atoms with Crippen molar-refractivity contribution in [3.8, 4) is 11.4 Å². The number of aromatic nitrogens is 3. The summed E-state index contributed by atoms with van der Waals surface area (Å²) < 4.78 is 5.99. The highest BCUT2D eigenvalue weighted by Gasteiger charge is 2.19. The van der Waals surface area contributed by atoms with Gasteiger partial charge >= 0.3 is 11.9 Å². The second-order valence-corrected chi connectivity index (χ2v) is 3.43. The highest BCUT2D eigenvalue weighted by Crippen LogP contribution is 2.21. The number of carbonyl (C=O) groups is 1. The fourth-order valence-electron chi connectivity index (χ4n) is 1.46. The number of nitro groups is 1. The van der Waals surface area contributed by atoms with Gasteiger partial charge in [0.1, 0.15) is 11.4 Å². The SMILES string of the molecule is COc1ccc(C(=O)O)c(-n2cnc([N+](=O)[O-])n2)c1. The molecule has 0 fully saturated rings. The molecule has 0 aliphatic rings. The molecule has 0 atom stereocenters. The van der Waals surface area contributed by atoms with Crippen molar-refractivity contribution in [2.24, 2.45) is 0 Å². The first-order valence-corrected chi connectivity index (χ1v) is 5.00. The van der Waals surface area contributed by atoms with E-state index in [1.54, 1.807) is 0 Å². The molecule has 2 aromatic rings.